The van der Waals surface area contributed by atoms with Crippen LogP contribution in [0.1, 0.15) is 59.8 Å². The number of carbonyl (C=O) groups excluding carboxylic acids is 1. The summed E-state index contributed by atoms with van der Waals surface area (Å²) in [5, 5.41) is 16.1. The van der Waals surface area contributed by atoms with Crippen LogP contribution in [0.2, 0.25) is 0 Å². The molecule has 0 aromatic rings. The lowest BCUT2D eigenvalue weighted by Crippen LogP contribution is -2.58. The van der Waals surface area contributed by atoms with E-state index in [4.69, 9.17) is 0 Å². The van der Waals surface area contributed by atoms with Crippen LogP contribution in [0.15, 0.2) is 0 Å². The fraction of sp³-hybridized carbons (Fsp3) is 0.938. The van der Waals surface area contributed by atoms with Crippen LogP contribution in [-0.2, 0) is 4.79 Å². The molecule has 0 bridgehead atoms. The van der Waals surface area contributed by atoms with Gasteiger partial charge < -0.3 is 10.4 Å². The first kappa shape index (κ1) is 17.4. The number of rotatable bonds is 7. The second kappa shape index (κ2) is 7.99. The van der Waals surface area contributed by atoms with Crippen LogP contribution in [-0.4, -0.2) is 35.7 Å². The molecule has 0 saturated heterocycles. The van der Waals surface area contributed by atoms with Crippen molar-refractivity contribution in [2.75, 3.05) is 13.2 Å². The van der Waals surface area contributed by atoms with E-state index in [1.54, 1.807) is 0 Å². The van der Waals surface area contributed by atoms with Crippen LogP contribution in [0, 0.1) is 11.8 Å². The van der Waals surface area contributed by atoms with Gasteiger partial charge >= 0.3 is 0 Å². The molecule has 4 nitrogen and oxygen atoms in total. The van der Waals surface area contributed by atoms with Gasteiger partial charge in [-0.25, -0.2) is 0 Å². The Labute approximate surface area is 123 Å². The number of hydrogen-bond donors (Lipinski definition) is 3. The van der Waals surface area contributed by atoms with E-state index in [1.165, 1.54) is 6.42 Å². The Bertz CT molecular complexity index is 307. The topological polar surface area (TPSA) is 61.4 Å². The molecular formula is C16H32N2O2. The Balaban J connectivity index is 2.45. The van der Waals surface area contributed by atoms with Crippen molar-refractivity contribution in [3.63, 3.8) is 0 Å². The highest BCUT2D eigenvalue weighted by atomic mass is 16.3. The Morgan fingerprint density at radius 3 is 2.65 bits per heavy atom. The summed E-state index contributed by atoms with van der Waals surface area (Å²) in [4.78, 5) is 12.1. The smallest absolute Gasteiger partial charge is 0.236 e. The fourth-order valence-electron chi connectivity index (χ4n) is 3.14. The minimum absolute atomic E-state index is 0.0386. The SMILES string of the molecule is CC(C)CCNC(=O)C(C)NC1(CO)CCCC(C)C1. The molecule has 0 heterocycles. The zero-order valence-corrected chi connectivity index (χ0v) is 13.5. The van der Waals surface area contributed by atoms with Gasteiger partial charge in [-0.05, 0) is 38.0 Å². The van der Waals surface area contributed by atoms with Gasteiger partial charge in [-0.3, -0.25) is 10.1 Å². The number of aliphatic hydroxyl groups excluding tert-OH is 1. The van der Waals surface area contributed by atoms with Gasteiger partial charge in [0.2, 0.25) is 5.91 Å². The maximum Gasteiger partial charge on any atom is 0.236 e. The summed E-state index contributed by atoms with van der Waals surface area (Å²) < 4.78 is 0. The van der Waals surface area contributed by atoms with Gasteiger partial charge in [0.15, 0.2) is 0 Å². The molecule has 0 aromatic heterocycles. The Morgan fingerprint density at radius 1 is 1.40 bits per heavy atom. The number of aliphatic hydroxyl groups is 1. The van der Waals surface area contributed by atoms with E-state index in [-0.39, 0.29) is 24.1 Å². The van der Waals surface area contributed by atoms with E-state index >= 15 is 0 Å². The number of carbonyl (C=O) groups is 1. The number of hydrogen-bond acceptors (Lipinski definition) is 3. The molecule has 3 unspecified atom stereocenters. The fourth-order valence-corrected chi connectivity index (χ4v) is 3.14. The van der Waals surface area contributed by atoms with Gasteiger partial charge in [0.05, 0.1) is 12.6 Å². The van der Waals surface area contributed by atoms with Gasteiger partial charge in [-0.15, -0.1) is 0 Å². The molecule has 4 heteroatoms. The molecule has 1 rings (SSSR count). The van der Waals surface area contributed by atoms with Gasteiger partial charge in [0, 0.05) is 12.1 Å². The molecule has 0 spiro atoms. The largest absolute Gasteiger partial charge is 0.394 e. The zero-order chi connectivity index (χ0) is 15.2. The standard InChI is InChI=1S/C16H32N2O2/c1-12(2)7-9-17-15(20)14(4)18-16(11-19)8-5-6-13(3)10-16/h12-14,18-19H,5-11H2,1-4H3,(H,17,20). The summed E-state index contributed by atoms with van der Waals surface area (Å²) in [5.41, 5.74) is -0.271. The molecule has 3 atom stereocenters. The van der Waals surface area contributed by atoms with Gasteiger partial charge in [-0.2, -0.15) is 0 Å². The van der Waals surface area contributed by atoms with Crippen molar-refractivity contribution in [1.29, 1.82) is 0 Å². The first-order valence-electron chi connectivity index (χ1n) is 8.05. The lowest BCUT2D eigenvalue weighted by Gasteiger charge is -2.41. The van der Waals surface area contributed by atoms with E-state index in [2.05, 4.69) is 31.4 Å². The third kappa shape index (κ3) is 5.41. The third-order valence-corrected chi connectivity index (χ3v) is 4.33. The van der Waals surface area contributed by atoms with E-state index in [0.717, 1.165) is 32.2 Å². The second-order valence-electron chi connectivity index (χ2n) is 6.98. The molecule has 0 aliphatic heterocycles. The quantitative estimate of drug-likeness (QED) is 0.670. The average molecular weight is 284 g/mol. The average Bonchev–Trinajstić information content (AvgIpc) is 2.38. The van der Waals surface area contributed by atoms with Crippen molar-refractivity contribution in [2.24, 2.45) is 11.8 Å². The number of amides is 1. The lowest BCUT2D eigenvalue weighted by molar-refractivity contribution is -0.123. The van der Waals surface area contributed by atoms with Gasteiger partial charge in [0.1, 0.15) is 0 Å². The molecule has 1 amide bonds. The lowest BCUT2D eigenvalue weighted by atomic mass is 9.76. The minimum Gasteiger partial charge on any atom is -0.394 e. The zero-order valence-electron chi connectivity index (χ0n) is 13.5. The summed E-state index contributed by atoms with van der Waals surface area (Å²) >= 11 is 0. The van der Waals surface area contributed by atoms with Crippen molar-refractivity contribution in [3.05, 3.63) is 0 Å². The Morgan fingerprint density at radius 2 is 2.10 bits per heavy atom. The van der Waals surface area contributed by atoms with Crippen molar-refractivity contribution in [3.8, 4) is 0 Å². The molecular weight excluding hydrogens is 252 g/mol. The second-order valence-corrected chi connectivity index (χ2v) is 6.98. The Kier molecular flexibility index (Phi) is 6.96. The van der Waals surface area contributed by atoms with Gasteiger partial charge in [-0.1, -0.05) is 33.6 Å². The molecule has 1 saturated carbocycles. The molecule has 1 fully saturated rings. The van der Waals surface area contributed by atoms with Crippen LogP contribution in [0.25, 0.3) is 0 Å². The van der Waals surface area contributed by atoms with Crippen LogP contribution in [0.3, 0.4) is 0 Å². The highest BCUT2D eigenvalue weighted by Crippen LogP contribution is 2.32. The highest BCUT2D eigenvalue weighted by molar-refractivity contribution is 5.81. The van der Waals surface area contributed by atoms with E-state index < -0.39 is 0 Å². The van der Waals surface area contributed by atoms with Crippen molar-refractivity contribution in [2.45, 2.75) is 71.4 Å². The first-order chi connectivity index (χ1) is 9.38. The molecule has 0 radical (unpaired) electrons. The maximum absolute atomic E-state index is 12.1. The molecule has 118 valence electrons. The normalized spacial score (nSPS) is 28.4. The van der Waals surface area contributed by atoms with Crippen LogP contribution in [0.4, 0.5) is 0 Å². The molecule has 1 aliphatic carbocycles. The predicted molar refractivity (Wildman–Crippen MR) is 82.5 cm³/mol. The molecule has 1 aliphatic rings. The van der Waals surface area contributed by atoms with Crippen LogP contribution < -0.4 is 10.6 Å². The molecule has 0 aromatic carbocycles. The summed E-state index contributed by atoms with van der Waals surface area (Å²) in [5.74, 6) is 1.25. The summed E-state index contributed by atoms with van der Waals surface area (Å²) in [6.07, 6.45) is 5.25. The Hall–Kier alpha value is -0.610. The van der Waals surface area contributed by atoms with E-state index in [9.17, 15) is 9.90 Å². The third-order valence-electron chi connectivity index (χ3n) is 4.33. The summed E-state index contributed by atoms with van der Waals surface area (Å²) in [6.45, 7) is 9.25. The van der Waals surface area contributed by atoms with Crippen LogP contribution >= 0.6 is 0 Å². The number of nitrogens with one attached hydrogen (secondary N) is 2. The minimum atomic E-state index is -0.271. The van der Waals surface area contributed by atoms with Crippen molar-refractivity contribution in [1.82, 2.24) is 10.6 Å². The summed E-state index contributed by atoms with van der Waals surface area (Å²) in [6, 6.07) is -0.250. The van der Waals surface area contributed by atoms with Crippen LogP contribution in [0.5, 0.6) is 0 Å². The monoisotopic (exact) mass is 284 g/mol. The summed E-state index contributed by atoms with van der Waals surface area (Å²) in [7, 11) is 0. The van der Waals surface area contributed by atoms with Crippen molar-refractivity contribution < 1.29 is 9.90 Å². The first-order valence-corrected chi connectivity index (χ1v) is 8.05. The maximum atomic E-state index is 12.1. The van der Waals surface area contributed by atoms with E-state index in [1.807, 2.05) is 6.92 Å². The highest BCUT2D eigenvalue weighted by Gasteiger charge is 2.36. The predicted octanol–water partition coefficient (Wildman–Crippen LogP) is 2.07. The van der Waals surface area contributed by atoms with Crippen molar-refractivity contribution >= 4 is 5.91 Å². The molecule has 20 heavy (non-hydrogen) atoms. The van der Waals surface area contributed by atoms with E-state index in [0.29, 0.717) is 11.8 Å². The molecule has 3 N–H and O–H groups in total. The van der Waals surface area contributed by atoms with Gasteiger partial charge in [0.25, 0.3) is 0 Å².